The highest BCUT2D eigenvalue weighted by Gasteiger charge is 2.06. The number of urea groups is 1. The minimum Gasteiger partial charge on any atom is -0.334 e. The van der Waals surface area contributed by atoms with E-state index in [1.165, 1.54) is 0 Å². The average Bonchev–Trinajstić information content (AvgIpc) is 2.62. The van der Waals surface area contributed by atoms with Crippen LogP contribution in [0.15, 0.2) is 48.5 Å². The molecule has 0 saturated carbocycles. The summed E-state index contributed by atoms with van der Waals surface area (Å²) in [6, 6.07) is 14.1. The van der Waals surface area contributed by atoms with Crippen LogP contribution in [-0.4, -0.2) is 25.5 Å². The zero-order chi connectivity index (χ0) is 18.8. The molecule has 3 amide bonds. The topological polar surface area (TPSA) is 82.3 Å². The molecule has 2 aromatic carbocycles. The van der Waals surface area contributed by atoms with Crippen LogP contribution in [0.25, 0.3) is 0 Å². The Morgan fingerprint density at radius 2 is 1.85 bits per heavy atom. The molecular formula is C19H23ClN4O2. The van der Waals surface area contributed by atoms with Crippen molar-refractivity contribution in [1.82, 2.24) is 10.6 Å². The highest BCUT2D eigenvalue weighted by atomic mass is 35.5. The van der Waals surface area contributed by atoms with Gasteiger partial charge in [-0.3, -0.25) is 4.79 Å². The summed E-state index contributed by atoms with van der Waals surface area (Å²) in [7, 11) is 1.86. The van der Waals surface area contributed by atoms with Crippen molar-refractivity contribution in [3.8, 4) is 0 Å². The molecule has 0 aromatic heterocycles. The van der Waals surface area contributed by atoms with Crippen LogP contribution in [0.1, 0.15) is 18.4 Å². The van der Waals surface area contributed by atoms with E-state index in [0.717, 1.165) is 18.5 Å². The largest absolute Gasteiger partial charge is 0.334 e. The third-order valence-corrected chi connectivity index (χ3v) is 3.95. The highest BCUT2D eigenvalue weighted by Crippen LogP contribution is 2.20. The molecule has 0 aliphatic heterocycles. The number of anilines is 2. The van der Waals surface area contributed by atoms with Crippen LogP contribution >= 0.6 is 11.6 Å². The van der Waals surface area contributed by atoms with Gasteiger partial charge in [0, 0.05) is 18.7 Å². The van der Waals surface area contributed by atoms with Gasteiger partial charge >= 0.3 is 6.03 Å². The molecule has 0 radical (unpaired) electrons. The maximum Gasteiger partial charge on any atom is 0.319 e. The molecule has 0 aliphatic rings. The molecule has 0 bridgehead atoms. The van der Waals surface area contributed by atoms with Gasteiger partial charge in [-0.15, -0.1) is 0 Å². The second-order valence-corrected chi connectivity index (χ2v) is 6.15. The van der Waals surface area contributed by atoms with E-state index in [1.54, 1.807) is 24.3 Å². The molecule has 0 fully saturated rings. The Morgan fingerprint density at radius 3 is 2.62 bits per heavy atom. The predicted molar refractivity (Wildman–Crippen MR) is 106 cm³/mol. The molecule has 2 aromatic rings. The monoisotopic (exact) mass is 374 g/mol. The first-order valence-corrected chi connectivity index (χ1v) is 8.79. The summed E-state index contributed by atoms with van der Waals surface area (Å²) in [5, 5.41) is 11.8. The second kappa shape index (κ2) is 10.4. The fourth-order valence-corrected chi connectivity index (χ4v) is 2.50. The van der Waals surface area contributed by atoms with Crippen LogP contribution in [0.4, 0.5) is 16.2 Å². The molecule has 7 heteroatoms. The van der Waals surface area contributed by atoms with E-state index in [2.05, 4.69) is 21.3 Å². The summed E-state index contributed by atoms with van der Waals surface area (Å²) in [6.07, 6.45) is 1.25. The van der Waals surface area contributed by atoms with Gasteiger partial charge < -0.3 is 21.3 Å². The smallest absolute Gasteiger partial charge is 0.319 e. The van der Waals surface area contributed by atoms with Crippen molar-refractivity contribution in [3.63, 3.8) is 0 Å². The van der Waals surface area contributed by atoms with Crippen molar-refractivity contribution in [2.45, 2.75) is 19.4 Å². The van der Waals surface area contributed by atoms with Crippen molar-refractivity contribution in [2.75, 3.05) is 24.2 Å². The van der Waals surface area contributed by atoms with Gasteiger partial charge in [-0.2, -0.15) is 0 Å². The molecule has 0 atom stereocenters. The Hall–Kier alpha value is -2.57. The number of carbonyl (C=O) groups is 2. The Balaban J connectivity index is 1.83. The van der Waals surface area contributed by atoms with Gasteiger partial charge in [0.05, 0.1) is 10.7 Å². The molecule has 6 nitrogen and oxygen atoms in total. The Kier molecular flexibility index (Phi) is 7.92. The van der Waals surface area contributed by atoms with E-state index in [-0.39, 0.29) is 11.9 Å². The minimum atomic E-state index is -0.348. The molecule has 0 unspecified atom stereocenters. The summed E-state index contributed by atoms with van der Waals surface area (Å²) in [6.45, 7) is 1.14. The lowest BCUT2D eigenvalue weighted by atomic mass is 10.2. The molecular weight excluding hydrogens is 352 g/mol. The summed E-state index contributed by atoms with van der Waals surface area (Å²) < 4.78 is 0. The Bertz CT molecular complexity index is 752. The van der Waals surface area contributed by atoms with Crippen molar-refractivity contribution < 1.29 is 9.59 Å². The zero-order valence-electron chi connectivity index (χ0n) is 14.6. The first kappa shape index (κ1) is 19.8. The van der Waals surface area contributed by atoms with Gasteiger partial charge in [-0.1, -0.05) is 35.9 Å². The van der Waals surface area contributed by atoms with Crippen LogP contribution in [-0.2, 0) is 11.3 Å². The molecule has 4 N–H and O–H groups in total. The van der Waals surface area contributed by atoms with Crippen molar-refractivity contribution in [2.24, 2.45) is 0 Å². The number of rotatable bonds is 8. The average molecular weight is 375 g/mol. The van der Waals surface area contributed by atoms with Gasteiger partial charge in [0.15, 0.2) is 0 Å². The van der Waals surface area contributed by atoms with Crippen LogP contribution in [0.3, 0.4) is 0 Å². The van der Waals surface area contributed by atoms with E-state index in [9.17, 15) is 9.59 Å². The van der Waals surface area contributed by atoms with Crippen LogP contribution in [0.5, 0.6) is 0 Å². The number of amides is 3. The fourth-order valence-electron chi connectivity index (χ4n) is 2.32. The Morgan fingerprint density at radius 1 is 1.04 bits per heavy atom. The van der Waals surface area contributed by atoms with Crippen LogP contribution in [0, 0.1) is 0 Å². The molecule has 26 heavy (non-hydrogen) atoms. The van der Waals surface area contributed by atoms with E-state index in [0.29, 0.717) is 29.4 Å². The van der Waals surface area contributed by atoms with Crippen LogP contribution < -0.4 is 21.3 Å². The predicted octanol–water partition coefficient (Wildman–Crippen LogP) is 3.60. The first-order valence-electron chi connectivity index (χ1n) is 8.41. The molecule has 0 saturated heterocycles. The van der Waals surface area contributed by atoms with Crippen molar-refractivity contribution >= 4 is 34.9 Å². The maximum absolute atomic E-state index is 12.0. The summed E-state index contributed by atoms with van der Waals surface area (Å²) >= 11 is 6.01. The van der Waals surface area contributed by atoms with Gasteiger partial charge in [-0.25, -0.2) is 4.79 Å². The number of hydrogen-bond acceptors (Lipinski definition) is 3. The number of halogens is 1. The number of nitrogens with one attached hydrogen (secondary N) is 4. The summed E-state index contributed by atoms with van der Waals surface area (Å²) in [4.78, 5) is 23.9. The van der Waals surface area contributed by atoms with Crippen molar-refractivity contribution in [3.05, 3.63) is 59.1 Å². The van der Waals surface area contributed by atoms with Gasteiger partial charge in [0.25, 0.3) is 0 Å². The second-order valence-electron chi connectivity index (χ2n) is 5.74. The Labute approximate surface area is 158 Å². The summed E-state index contributed by atoms with van der Waals surface area (Å²) in [5.74, 6) is -0.0261. The van der Waals surface area contributed by atoms with E-state index in [1.807, 2.05) is 31.3 Å². The number of benzene rings is 2. The maximum atomic E-state index is 12.0. The highest BCUT2D eigenvalue weighted by molar-refractivity contribution is 6.33. The fraction of sp³-hybridized carbons (Fsp3) is 0.263. The van der Waals surface area contributed by atoms with Gasteiger partial charge in [0.2, 0.25) is 5.91 Å². The van der Waals surface area contributed by atoms with Gasteiger partial charge in [-0.05, 0) is 49.8 Å². The molecule has 0 aliphatic carbocycles. The van der Waals surface area contributed by atoms with E-state index < -0.39 is 0 Å². The van der Waals surface area contributed by atoms with Crippen LogP contribution in [0.2, 0.25) is 5.02 Å². The molecule has 0 heterocycles. The molecule has 2 rings (SSSR count). The van der Waals surface area contributed by atoms with E-state index in [4.69, 9.17) is 11.6 Å². The number of carbonyl (C=O) groups excluding carboxylic acids is 2. The lowest BCUT2D eigenvalue weighted by Crippen LogP contribution is -2.28. The lowest BCUT2D eigenvalue weighted by Gasteiger charge is -2.10. The first-order chi connectivity index (χ1) is 12.6. The third-order valence-electron chi connectivity index (χ3n) is 3.62. The number of para-hydroxylation sites is 1. The zero-order valence-corrected chi connectivity index (χ0v) is 15.4. The summed E-state index contributed by atoms with van der Waals surface area (Å²) in [5.41, 5.74) is 2.15. The quantitative estimate of drug-likeness (QED) is 0.533. The van der Waals surface area contributed by atoms with Gasteiger partial charge in [0.1, 0.15) is 0 Å². The number of hydrogen-bond donors (Lipinski definition) is 4. The molecule has 0 spiro atoms. The normalized spacial score (nSPS) is 10.2. The third kappa shape index (κ3) is 6.74. The standard InChI is InChI=1S/C19H23ClN4O2/c1-21-11-5-10-18(25)23-15-7-4-6-14(12-15)13-22-19(26)24-17-9-3-2-8-16(17)20/h2-4,6-9,12,21H,5,10-11,13H2,1H3,(H,23,25)(H2,22,24,26). The minimum absolute atomic E-state index is 0.0261. The van der Waals surface area contributed by atoms with E-state index >= 15 is 0 Å². The lowest BCUT2D eigenvalue weighted by molar-refractivity contribution is -0.116. The SMILES string of the molecule is CNCCCC(=O)Nc1cccc(CNC(=O)Nc2ccccc2Cl)c1. The molecule has 138 valence electrons. The van der Waals surface area contributed by atoms with Crippen molar-refractivity contribution in [1.29, 1.82) is 0 Å².